The molecule has 16 heavy (non-hydrogen) atoms. The number of pyridine rings is 1. The molecule has 0 fully saturated rings. The van der Waals surface area contributed by atoms with Crippen LogP contribution in [0.3, 0.4) is 0 Å². The molecule has 6 heteroatoms. The van der Waals surface area contributed by atoms with Crippen LogP contribution in [-0.4, -0.2) is 42.1 Å². The van der Waals surface area contributed by atoms with Gasteiger partial charge in [-0.1, -0.05) is 11.3 Å². The molecule has 0 aliphatic rings. The Balaban J connectivity index is 2.07. The molecule has 0 amide bonds. The van der Waals surface area contributed by atoms with E-state index < -0.39 is 0 Å². The van der Waals surface area contributed by atoms with Gasteiger partial charge in [-0.05, 0) is 20.2 Å². The van der Waals surface area contributed by atoms with Crippen molar-refractivity contribution in [1.82, 2.24) is 14.9 Å². The molecule has 0 aromatic carbocycles. The van der Waals surface area contributed by atoms with Crippen LogP contribution < -0.4 is 10.5 Å². The molecule has 2 N–H and O–H groups in total. The van der Waals surface area contributed by atoms with Gasteiger partial charge in [0.25, 0.3) is 0 Å². The lowest BCUT2D eigenvalue weighted by molar-refractivity contribution is 0.254. The normalized spacial score (nSPS) is 11.2. The number of rotatable bonds is 4. The van der Waals surface area contributed by atoms with Gasteiger partial charge < -0.3 is 15.4 Å². The van der Waals surface area contributed by atoms with Crippen LogP contribution in [0.5, 0.6) is 5.88 Å². The average Bonchev–Trinajstić information content (AvgIpc) is 2.56. The molecule has 0 saturated carbocycles. The van der Waals surface area contributed by atoms with Crippen LogP contribution in [0.2, 0.25) is 0 Å². The summed E-state index contributed by atoms with van der Waals surface area (Å²) in [5.41, 5.74) is 6.42. The third-order valence-electron chi connectivity index (χ3n) is 2.03. The largest absolute Gasteiger partial charge is 0.476 e. The number of fused-ring (bicyclic) bond motifs is 1. The second kappa shape index (κ2) is 4.63. The van der Waals surface area contributed by atoms with Gasteiger partial charge in [0.1, 0.15) is 17.0 Å². The molecular weight excluding hydrogens is 224 g/mol. The zero-order chi connectivity index (χ0) is 11.5. The lowest BCUT2D eigenvalue weighted by atomic mass is 10.4. The second-order valence-electron chi connectivity index (χ2n) is 3.68. The Kier molecular flexibility index (Phi) is 3.21. The number of hydrogen-bond acceptors (Lipinski definition) is 6. The van der Waals surface area contributed by atoms with E-state index in [-0.39, 0.29) is 0 Å². The van der Waals surface area contributed by atoms with Gasteiger partial charge in [-0.15, -0.1) is 0 Å². The van der Waals surface area contributed by atoms with Crippen LogP contribution in [0.15, 0.2) is 12.1 Å². The van der Waals surface area contributed by atoms with Crippen molar-refractivity contribution in [2.24, 2.45) is 0 Å². The highest BCUT2D eigenvalue weighted by atomic mass is 32.1. The van der Waals surface area contributed by atoms with E-state index in [4.69, 9.17) is 10.5 Å². The zero-order valence-corrected chi connectivity index (χ0v) is 10.1. The number of nitrogens with zero attached hydrogens (tertiary/aromatic N) is 3. The van der Waals surface area contributed by atoms with Gasteiger partial charge in [0.15, 0.2) is 5.13 Å². The summed E-state index contributed by atoms with van der Waals surface area (Å²) < 4.78 is 5.52. The maximum Gasteiger partial charge on any atom is 0.214 e. The number of nitrogen functional groups attached to an aromatic ring is 1. The highest BCUT2D eigenvalue weighted by Crippen LogP contribution is 2.23. The van der Waals surface area contributed by atoms with Gasteiger partial charge in [-0.2, -0.15) is 0 Å². The molecule has 0 radical (unpaired) electrons. The fourth-order valence-electron chi connectivity index (χ4n) is 1.23. The van der Waals surface area contributed by atoms with E-state index in [1.165, 1.54) is 11.3 Å². The zero-order valence-electron chi connectivity index (χ0n) is 9.30. The summed E-state index contributed by atoms with van der Waals surface area (Å²) in [6.45, 7) is 1.49. The van der Waals surface area contributed by atoms with Crippen molar-refractivity contribution in [2.75, 3.05) is 33.0 Å². The smallest absolute Gasteiger partial charge is 0.214 e. The minimum Gasteiger partial charge on any atom is -0.476 e. The van der Waals surface area contributed by atoms with Crippen LogP contribution >= 0.6 is 11.3 Å². The maximum absolute atomic E-state index is 5.60. The van der Waals surface area contributed by atoms with E-state index in [0.29, 0.717) is 17.6 Å². The summed E-state index contributed by atoms with van der Waals surface area (Å²) in [5.74, 6) is 0.623. The third kappa shape index (κ3) is 2.59. The molecule has 0 atom stereocenters. The molecule has 0 spiro atoms. The Labute approximate surface area is 97.9 Å². The molecule has 0 aliphatic heterocycles. The molecule has 5 nitrogen and oxygen atoms in total. The molecule has 2 rings (SSSR count). The van der Waals surface area contributed by atoms with Crippen molar-refractivity contribution in [3.05, 3.63) is 12.1 Å². The first-order chi connectivity index (χ1) is 7.65. The second-order valence-corrected chi connectivity index (χ2v) is 4.69. The Morgan fingerprint density at radius 3 is 2.94 bits per heavy atom. The fourth-order valence-corrected chi connectivity index (χ4v) is 1.93. The highest BCUT2D eigenvalue weighted by molar-refractivity contribution is 7.21. The average molecular weight is 238 g/mol. The standard InChI is InChI=1S/C10H14N4OS/c1-14(2)5-6-15-8-4-3-7-9(13-8)16-10(11)12-7/h3-4H,5-6H2,1-2H3,(H2,11,12). The van der Waals surface area contributed by atoms with E-state index in [0.717, 1.165) is 16.9 Å². The molecule has 2 aromatic rings. The van der Waals surface area contributed by atoms with Crippen molar-refractivity contribution >= 4 is 26.8 Å². The molecule has 86 valence electrons. The molecular formula is C10H14N4OS. The highest BCUT2D eigenvalue weighted by Gasteiger charge is 2.04. The number of aromatic nitrogens is 2. The van der Waals surface area contributed by atoms with Crippen molar-refractivity contribution in [2.45, 2.75) is 0 Å². The number of hydrogen-bond donors (Lipinski definition) is 1. The summed E-state index contributed by atoms with van der Waals surface area (Å²) in [4.78, 5) is 11.3. The van der Waals surface area contributed by atoms with E-state index in [1.807, 2.05) is 26.2 Å². The quantitative estimate of drug-likeness (QED) is 0.867. The topological polar surface area (TPSA) is 64.3 Å². The van der Waals surface area contributed by atoms with Crippen molar-refractivity contribution in [3.63, 3.8) is 0 Å². The third-order valence-corrected chi connectivity index (χ3v) is 2.83. The van der Waals surface area contributed by atoms with E-state index in [9.17, 15) is 0 Å². The first kappa shape index (κ1) is 11.1. The van der Waals surface area contributed by atoms with Gasteiger partial charge in [-0.3, -0.25) is 0 Å². The molecule has 2 aromatic heterocycles. The Morgan fingerprint density at radius 2 is 2.19 bits per heavy atom. The number of ether oxygens (including phenoxy) is 1. The SMILES string of the molecule is CN(C)CCOc1ccc2nc(N)sc2n1. The lowest BCUT2D eigenvalue weighted by Gasteiger charge is -2.09. The van der Waals surface area contributed by atoms with Gasteiger partial charge in [0, 0.05) is 12.6 Å². The predicted octanol–water partition coefficient (Wildman–Crippen LogP) is 1.21. The molecule has 0 bridgehead atoms. The minimum atomic E-state index is 0.535. The van der Waals surface area contributed by atoms with Crippen LogP contribution in [0.25, 0.3) is 10.3 Å². The van der Waals surface area contributed by atoms with E-state index in [1.54, 1.807) is 0 Å². The number of anilines is 1. The number of likely N-dealkylation sites (N-methyl/N-ethyl adjacent to an activating group) is 1. The first-order valence-corrected chi connectivity index (χ1v) is 5.77. The van der Waals surface area contributed by atoms with Crippen LogP contribution in [0.1, 0.15) is 0 Å². The van der Waals surface area contributed by atoms with E-state index >= 15 is 0 Å². The van der Waals surface area contributed by atoms with Gasteiger partial charge >= 0.3 is 0 Å². The molecule has 0 unspecified atom stereocenters. The summed E-state index contributed by atoms with van der Waals surface area (Å²) in [5, 5.41) is 0.535. The van der Waals surface area contributed by atoms with Crippen molar-refractivity contribution in [1.29, 1.82) is 0 Å². The predicted molar refractivity (Wildman–Crippen MR) is 65.9 cm³/mol. The van der Waals surface area contributed by atoms with Crippen LogP contribution in [0.4, 0.5) is 5.13 Å². The van der Waals surface area contributed by atoms with Crippen molar-refractivity contribution < 1.29 is 4.74 Å². The van der Waals surface area contributed by atoms with Gasteiger partial charge in [0.2, 0.25) is 5.88 Å². The molecule has 2 heterocycles. The van der Waals surface area contributed by atoms with Crippen molar-refractivity contribution in [3.8, 4) is 5.88 Å². The molecule has 0 aliphatic carbocycles. The number of nitrogens with two attached hydrogens (primary N) is 1. The van der Waals surface area contributed by atoms with Gasteiger partial charge in [-0.25, -0.2) is 9.97 Å². The fraction of sp³-hybridized carbons (Fsp3) is 0.400. The Hall–Kier alpha value is -1.40. The Bertz CT molecular complexity index is 483. The van der Waals surface area contributed by atoms with E-state index in [2.05, 4.69) is 14.9 Å². The number of thiazole rings is 1. The summed E-state index contributed by atoms with van der Waals surface area (Å²) in [7, 11) is 4.01. The minimum absolute atomic E-state index is 0.535. The van der Waals surface area contributed by atoms with Crippen LogP contribution in [0, 0.1) is 0 Å². The summed E-state index contributed by atoms with van der Waals surface area (Å²) in [6.07, 6.45) is 0. The molecule has 0 saturated heterocycles. The Morgan fingerprint density at radius 1 is 1.38 bits per heavy atom. The lowest BCUT2D eigenvalue weighted by Crippen LogP contribution is -2.19. The van der Waals surface area contributed by atoms with Crippen LogP contribution in [-0.2, 0) is 0 Å². The monoisotopic (exact) mass is 238 g/mol. The van der Waals surface area contributed by atoms with Gasteiger partial charge in [0.05, 0.1) is 0 Å². The maximum atomic E-state index is 5.60. The first-order valence-electron chi connectivity index (χ1n) is 4.96. The summed E-state index contributed by atoms with van der Waals surface area (Å²) in [6, 6.07) is 3.69. The summed E-state index contributed by atoms with van der Waals surface area (Å²) >= 11 is 1.37.